The molecule has 0 heterocycles. The summed E-state index contributed by atoms with van der Waals surface area (Å²) in [5, 5.41) is 6.49. The van der Waals surface area contributed by atoms with E-state index < -0.39 is 5.91 Å². The van der Waals surface area contributed by atoms with Gasteiger partial charge in [0.05, 0.1) is 13.7 Å². The molecular weight excluding hydrogens is 443 g/mol. The van der Waals surface area contributed by atoms with Crippen molar-refractivity contribution in [2.45, 2.75) is 20.0 Å². The average Bonchev–Trinajstić information content (AvgIpc) is 2.64. The number of halogens is 1. The monoisotopic (exact) mass is 468 g/mol. The van der Waals surface area contributed by atoms with E-state index in [0.29, 0.717) is 18.7 Å². The Morgan fingerprint density at radius 3 is 2.19 bits per heavy atom. The van der Waals surface area contributed by atoms with Crippen molar-refractivity contribution in [3.63, 3.8) is 0 Å². The summed E-state index contributed by atoms with van der Waals surface area (Å²) in [4.78, 5) is 15.7. The summed E-state index contributed by atoms with van der Waals surface area (Å²) in [6.45, 7) is 3.97. The van der Waals surface area contributed by atoms with Crippen LogP contribution in [-0.4, -0.2) is 25.5 Å². The molecule has 0 bridgehead atoms. The summed E-state index contributed by atoms with van der Waals surface area (Å²) in [6.07, 6.45) is 0. The van der Waals surface area contributed by atoms with Gasteiger partial charge in [-0.15, -0.1) is 24.0 Å². The first-order chi connectivity index (χ1) is 12.1. The van der Waals surface area contributed by atoms with Gasteiger partial charge in [-0.25, -0.2) is 4.99 Å². The fourth-order valence-electron chi connectivity index (χ4n) is 2.22. The van der Waals surface area contributed by atoms with Crippen LogP contribution in [0.15, 0.2) is 53.5 Å². The number of nitrogens with zero attached hydrogens (tertiary/aromatic N) is 1. The second kappa shape index (κ2) is 11.3. The molecule has 0 aromatic heterocycles. The van der Waals surface area contributed by atoms with E-state index in [0.717, 1.165) is 29.4 Å². The molecule has 4 N–H and O–H groups in total. The Labute approximate surface area is 171 Å². The molecule has 0 fully saturated rings. The molecule has 0 aliphatic rings. The number of hydrogen-bond donors (Lipinski definition) is 3. The molecule has 0 saturated carbocycles. The highest BCUT2D eigenvalue weighted by molar-refractivity contribution is 14.0. The molecule has 26 heavy (non-hydrogen) atoms. The lowest BCUT2D eigenvalue weighted by molar-refractivity contribution is 0.100. The molecule has 0 radical (unpaired) electrons. The Morgan fingerprint density at radius 1 is 1.04 bits per heavy atom. The van der Waals surface area contributed by atoms with Crippen LogP contribution < -0.4 is 21.1 Å². The van der Waals surface area contributed by atoms with Crippen molar-refractivity contribution in [1.29, 1.82) is 0 Å². The van der Waals surface area contributed by atoms with Gasteiger partial charge in [0.2, 0.25) is 5.91 Å². The van der Waals surface area contributed by atoms with Crippen LogP contribution in [0.3, 0.4) is 0 Å². The molecule has 140 valence electrons. The lowest BCUT2D eigenvalue weighted by atomic mass is 10.1. The third-order valence-corrected chi connectivity index (χ3v) is 3.62. The largest absolute Gasteiger partial charge is 0.497 e. The standard InChI is InChI=1S/C19H24N4O2.HI/c1-3-21-19(23-13-15-6-10-17(25-2)11-7-15)22-12-14-4-8-16(9-5-14)18(20)24;/h4-11H,3,12-13H2,1-2H3,(H2,20,24)(H2,21,22,23);1H. The minimum absolute atomic E-state index is 0. The highest BCUT2D eigenvalue weighted by atomic mass is 127. The molecule has 0 unspecified atom stereocenters. The summed E-state index contributed by atoms with van der Waals surface area (Å²) >= 11 is 0. The van der Waals surface area contributed by atoms with Crippen LogP contribution in [0.1, 0.15) is 28.4 Å². The zero-order valence-electron chi connectivity index (χ0n) is 15.0. The van der Waals surface area contributed by atoms with Crippen molar-refractivity contribution in [2.75, 3.05) is 13.7 Å². The Kier molecular flexibility index (Phi) is 9.50. The van der Waals surface area contributed by atoms with Gasteiger partial charge in [0.15, 0.2) is 5.96 Å². The third-order valence-electron chi connectivity index (χ3n) is 3.62. The maximum absolute atomic E-state index is 11.1. The molecule has 0 atom stereocenters. The van der Waals surface area contributed by atoms with Gasteiger partial charge >= 0.3 is 0 Å². The number of nitrogens with one attached hydrogen (secondary N) is 2. The second-order valence-electron chi connectivity index (χ2n) is 5.46. The maximum atomic E-state index is 11.1. The number of aliphatic imine (C=N–C) groups is 1. The normalized spacial score (nSPS) is 10.6. The highest BCUT2D eigenvalue weighted by Gasteiger charge is 2.02. The Bertz CT molecular complexity index is 715. The van der Waals surface area contributed by atoms with Crippen LogP contribution in [0.4, 0.5) is 0 Å². The number of carbonyl (C=O) groups is 1. The maximum Gasteiger partial charge on any atom is 0.248 e. The predicted octanol–water partition coefficient (Wildman–Crippen LogP) is 2.67. The van der Waals surface area contributed by atoms with Gasteiger partial charge in [-0.2, -0.15) is 0 Å². The van der Waals surface area contributed by atoms with E-state index in [-0.39, 0.29) is 24.0 Å². The summed E-state index contributed by atoms with van der Waals surface area (Å²) in [5.74, 6) is 1.14. The highest BCUT2D eigenvalue weighted by Crippen LogP contribution is 2.11. The number of carbonyl (C=O) groups excluding carboxylic acids is 1. The molecule has 0 spiro atoms. The summed E-state index contributed by atoms with van der Waals surface area (Å²) < 4.78 is 5.15. The van der Waals surface area contributed by atoms with Gasteiger partial charge in [0.1, 0.15) is 5.75 Å². The fourth-order valence-corrected chi connectivity index (χ4v) is 2.22. The van der Waals surface area contributed by atoms with E-state index in [2.05, 4.69) is 15.6 Å². The number of nitrogens with two attached hydrogens (primary N) is 1. The molecule has 2 aromatic rings. The predicted molar refractivity (Wildman–Crippen MR) is 115 cm³/mol. The summed E-state index contributed by atoms with van der Waals surface area (Å²) in [6, 6.07) is 15.0. The molecule has 7 heteroatoms. The van der Waals surface area contributed by atoms with Crippen molar-refractivity contribution in [3.05, 3.63) is 65.2 Å². The molecule has 2 aromatic carbocycles. The van der Waals surface area contributed by atoms with E-state index in [1.165, 1.54) is 0 Å². The number of rotatable bonds is 7. The van der Waals surface area contributed by atoms with E-state index >= 15 is 0 Å². The molecule has 6 nitrogen and oxygen atoms in total. The zero-order valence-corrected chi connectivity index (χ0v) is 17.3. The van der Waals surface area contributed by atoms with E-state index in [1.54, 1.807) is 19.2 Å². The first-order valence-corrected chi connectivity index (χ1v) is 8.16. The molecular formula is C19H25IN4O2. The van der Waals surface area contributed by atoms with Crippen LogP contribution in [-0.2, 0) is 13.1 Å². The van der Waals surface area contributed by atoms with Gasteiger partial charge in [0, 0.05) is 18.7 Å². The number of ether oxygens (including phenoxy) is 1. The minimum Gasteiger partial charge on any atom is -0.497 e. The number of benzene rings is 2. The molecule has 0 saturated heterocycles. The molecule has 0 aliphatic heterocycles. The average molecular weight is 468 g/mol. The van der Waals surface area contributed by atoms with Crippen molar-refractivity contribution < 1.29 is 9.53 Å². The quantitative estimate of drug-likeness (QED) is 0.331. The van der Waals surface area contributed by atoms with E-state index in [9.17, 15) is 4.79 Å². The van der Waals surface area contributed by atoms with Crippen LogP contribution in [0.25, 0.3) is 0 Å². The van der Waals surface area contributed by atoms with Crippen molar-refractivity contribution in [1.82, 2.24) is 10.6 Å². The lowest BCUT2D eigenvalue weighted by Gasteiger charge is -2.11. The SMILES string of the molecule is CCNC(=NCc1ccc(OC)cc1)NCc1ccc(C(N)=O)cc1.I. The number of guanidine groups is 1. The third kappa shape index (κ3) is 6.91. The molecule has 0 aliphatic carbocycles. The zero-order chi connectivity index (χ0) is 18.1. The first kappa shape index (κ1) is 21.8. The van der Waals surface area contributed by atoms with Gasteiger partial charge < -0.3 is 21.1 Å². The van der Waals surface area contributed by atoms with Gasteiger partial charge in [0.25, 0.3) is 0 Å². The Balaban J connectivity index is 0.00000338. The first-order valence-electron chi connectivity index (χ1n) is 8.16. The second-order valence-corrected chi connectivity index (χ2v) is 5.46. The Morgan fingerprint density at radius 2 is 1.65 bits per heavy atom. The number of amides is 1. The number of hydrogen-bond acceptors (Lipinski definition) is 3. The number of methoxy groups -OCH3 is 1. The van der Waals surface area contributed by atoms with Gasteiger partial charge in [-0.3, -0.25) is 4.79 Å². The van der Waals surface area contributed by atoms with Crippen LogP contribution >= 0.6 is 24.0 Å². The lowest BCUT2D eigenvalue weighted by Crippen LogP contribution is -2.36. The van der Waals surface area contributed by atoms with Gasteiger partial charge in [-0.05, 0) is 42.3 Å². The molecule has 2 rings (SSSR count). The van der Waals surface area contributed by atoms with Crippen LogP contribution in [0.2, 0.25) is 0 Å². The molecule has 1 amide bonds. The summed E-state index contributed by atoms with van der Waals surface area (Å²) in [7, 11) is 1.65. The van der Waals surface area contributed by atoms with Crippen molar-refractivity contribution in [2.24, 2.45) is 10.7 Å². The van der Waals surface area contributed by atoms with Crippen molar-refractivity contribution >= 4 is 35.8 Å². The van der Waals surface area contributed by atoms with Crippen LogP contribution in [0, 0.1) is 0 Å². The smallest absolute Gasteiger partial charge is 0.248 e. The Hall–Kier alpha value is -2.29. The van der Waals surface area contributed by atoms with Gasteiger partial charge in [-0.1, -0.05) is 24.3 Å². The van der Waals surface area contributed by atoms with Crippen LogP contribution in [0.5, 0.6) is 5.75 Å². The summed E-state index contributed by atoms with van der Waals surface area (Å²) in [5.41, 5.74) is 7.89. The number of primary amides is 1. The van der Waals surface area contributed by atoms with Crippen molar-refractivity contribution in [3.8, 4) is 5.75 Å². The minimum atomic E-state index is -0.422. The van der Waals surface area contributed by atoms with E-state index in [1.807, 2.05) is 43.3 Å². The topological polar surface area (TPSA) is 88.7 Å². The fraction of sp³-hybridized carbons (Fsp3) is 0.263. The van der Waals surface area contributed by atoms with E-state index in [4.69, 9.17) is 10.5 Å².